The van der Waals surface area contributed by atoms with E-state index >= 15 is 0 Å². The van der Waals surface area contributed by atoms with Gasteiger partial charge in [-0.3, -0.25) is 9.36 Å². The third-order valence-electron chi connectivity index (χ3n) is 5.21. The zero-order chi connectivity index (χ0) is 20.9. The summed E-state index contributed by atoms with van der Waals surface area (Å²) in [5.74, 6) is -0.785. The van der Waals surface area contributed by atoms with Crippen LogP contribution < -0.4 is 5.32 Å². The first-order valence-corrected chi connectivity index (χ1v) is 9.63. The molecule has 0 saturated carbocycles. The van der Waals surface area contributed by atoms with Gasteiger partial charge in [0.25, 0.3) is 5.91 Å². The highest BCUT2D eigenvalue weighted by molar-refractivity contribution is 6.06. The van der Waals surface area contributed by atoms with Crippen molar-refractivity contribution in [2.24, 2.45) is 0 Å². The third kappa shape index (κ3) is 3.14. The van der Waals surface area contributed by atoms with E-state index in [-0.39, 0.29) is 12.5 Å². The van der Waals surface area contributed by atoms with E-state index in [2.05, 4.69) is 20.3 Å². The molecule has 2 aliphatic rings. The fraction of sp³-hybridized carbons (Fsp3) is 0.400. The van der Waals surface area contributed by atoms with E-state index in [0.717, 1.165) is 0 Å². The molecule has 2 aromatic heterocycles. The van der Waals surface area contributed by atoms with Crippen LogP contribution in [-0.4, -0.2) is 61.2 Å². The Hall–Kier alpha value is -2.92. The van der Waals surface area contributed by atoms with E-state index in [1.807, 2.05) is 19.9 Å². The maximum absolute atomic E-state index is 12.5. The number of hydrogen-bond acceptors (Lipinski definition) is 8. The second-order valence-corrected chi connectivity index (χ2v) is 7.68. The predicted octanol–water partition coefficient (Wildman–Crippen LogP) is 1.49. The molecule has 0 aliphatic carbocycles. The smallest absolute Gasteiger partial charge is 0.256 e. The molecule has 2 N–H and O–H groups in total. The second-order valence-electron chi connectivity index (χ2n) is 7.68. The zero-order valence-electron chi connectivity index (χ0n) is 16.4. The number of ether oxygens (including phenoxy) is 3. The number of amides is 1. The van der Waals surface area contributed by atoms with Crippen LogP contribution in [0.2, 0.25) is 0 Å². The van der Waals surface area contributed by atoms with Crippen LogP contribution in [0.1, 0.15) is 30.4 Å². The van der Waals surface area contributed by atoms with E-state index in [9.17, 15) is 9.90 Å². The van der Waals surface area contributed by atoms with Crippen molar-refractivity contribution in [3.63, 3.8) is 0 Å². The summed E-state index contributed by atoms with van der Waals surface area (Å²) < 4.78 is 19.6. The molecular weight excluding hydrogens is 390 g/mol. The number of imidazole rings is 1. The van der Waals surface area contributed by atoms with Gasteiger partial charge >= 0.3 is 0 Å². The first kappa shape index (κ1) is 19.1. The molecule has 0 radical (unpaired) electrons. The number of carbonyl (C=O) groups is 1. The molecule has 10 heteroatoms. The van der Waals surface area contributed by atoms with Crippen LogP contribution in [0.5, 0.6) is 0 Å². The van der Waals surface area contributed by atoms with Gasteiger partial charge in [-0.25, -0.2) is 15.0 Å². The quantitative estimate of drug-likeness (QED) is 0.662. The molecular formula is C20H21N5O5. The molecule has 5 rings (SSSR count). The summed E-state index contributed by atoms with van der Waals surface area (Å²) in [5, 5.41) is 12.5. The Bertz CT molecular complexity index is 1090. The average Bonchev–Trinajstić information content (AvgIpc) is 3.39. The normalized spacial score (nSPS) is 27.3. The van der Waals surface area contributed by atoms with Crippen LogP contribution in [0, 0.1) is 0 Å². The molecule has 30 heavy (non-hydrogen) atoms. The Morgan fingerprint density at radius 3 is 2.70 bits per heavy atom. The molecule has 3 aromatic rings. The number of carbonyl (C=O) groups excluding carboxylic acids is 1. The lowest BCUT2D eigenvalue weighted by atomic mass is 10.1. The fourth-order valence-corrected chi connectivity index (χ4v) is 3.93. The third-order valence-corrected chi connectivity index (χ3v) is 5.21. The van der Waals surface area contributed by atoms with Gasteiger partial charge in [0.15, 0.2) is 29.0 Å². The van der Waals surface area contributed by atoms with Gasteiger partial charge in [0.05, 0.1) is 12.9 Å². The summed E-state index contributed by atoms with van der Waals surface area (Å²) >= 11 is 0. The van der Waals surface area contributed by atoms with E-state index < -0.39 is 30.3 Å². The van der Waals surface area contributed by atoms with Crippen LogP contribution in [0.15, 0.2) is 43.0 Å². The van der Waals surface area contributed by atoms with Crippen molar-refractivity contribution in [2.45, 2.75) is 44.2 Å². The van der Waals surface area contributed by atoms with Gasteiger partial charge in [0.1, 0.15) is 24.6 Å². The largest absolute Gasteiger partial charge is 0.394 e. The molecule has 0 bridgehead atoms. The second kappa shape index (κ2) is 7.10. The minimum Gasteiger partial charge on any atom is -0.394 e. The lowest BCUT2D eigenvalue weighted by Gasteiger charge is -2.24. The molecule has 1 unspecified atom stereocenters. The number of nitrogens with zero attached hydrogens (tertiary/aromatic N) is 4. The van der Waals surface area contributed by atoms with E-state index in [4.69, 9.17) is 14.2 Å². The zero-order valence-corrected chi connectivity index (χ0v) is 16.4. The highest BCUT2D eigenvalue weighted by Gasteiger charge is 2.56. The molecule has 156 valence electrons. The maximum atomic E-state index is 12.5. The van der Waals surface area contributed by atoms with E-state index in [1.165, 1.54) is 6.33 Å². The number of aromatic nitrogens is 4. The van der Waals surface area contributed by atoms with E-state index in [1.54, 1.807) is 35.2 Å². The van der Waals surface area contributed by atoms with Crippen LogP contribution in [0.4, 0.5) is 5.82 Å². The van der Waals surface area contributed by atoms with Gasteiger partial charge in [-0.15, -0.1) is 0 Å². The Balaban J connectivity index is 1.47. The summed E-state index contributed by atoms with van der Waals surface area (Å²) in [4.78, 5) is 25.4. The summed E-state index contributed by atoms with van der Waals surface area (Å²) in [7, 11) is 0. The number of aliphatic hydroxyl groups is 1. The number of rotatable bonds is 4. The Labute approximate surface area is 171 Å². The number of fused-ring (bicyclic) bond motifs is 2. The molecule has 2 aliphatic heterocycles. The first-order valence-electron chi connectivity index (χ1n) is 9.63. The number of hydrogen-bond donors (Lipinski definition) is 2. The van der Waals surface area contributed by atoms with Crippen LogP contribution in [0.25, 0.3) is 11.2 Å². The summed E-state index contributed by atoms with van der Waals surface area (Å²) in [6.07, 6.45) is 0.948. The predicted molar refractivity (Wildman–Crippen MR) is 105 cm³/mol. The maximum Gasteiger partial charge on any atom is 0.256 e. The van der Waals surface area contributed by atoms with Gasteiger partial charge in [0.2, 0.25) is 0 Å². The molecule has 2 fully saturated rings. The molecule has 4 heterocycles. The minimum absolute atomic E-state index is 0.197. The van der Waals surface area contributed by atoms with Crippen molar-refractivity contribution >= 4 is 22.9 Å². The van der Waals surface area contributed by atoms with Gasteiger partial charge in [-0.1, -0.05) is 18.2 Å². The van der Waals surface area contributed by atoms with Crippen molar-refractivity contribution in [1.29, 1.82) is 0 Å². The Morgan fingerprint density at radius 2 is 1.93 bits per heavy atom. The van der Waals surface area contributed by atoms with Gasteiger partial charge < -0.3 is 24.6 Å². The number of nitrogens with one attached hydrogen (secondary N) is 1. The first-order chi connectivity index (χ1) is 14.5. The van der Waals surface area contributed by atoms with Gasteiger partial charge in [-0.2, -0.15) is 0 Å². The SMILES string of the molecule is CC1(C)O[C@@H]2[C@H](O1)C(CO)O[C@H]2n1cnc2c(NC(=O)c3ccccc3)ncnc21. The molecule has 1 amide bonds. The Morgan fingerprint density at radius 1 is 1.17 bits per heavy atom. The number of benzene rings is 1. The molecule has 2 saturated heterocycles. The summed E-state index contributed by atoms with van der Waals surface area (Å²) in [6.45, 7) is 3.45. The van der Waals surface area contributed by atoms with Gasteiger partial charge in [-0.05, 0) is 26.0 Å². The summed E-state index contributed by atoms with van der Waals surface area (Å²) in [6, 6.07) is 8.84. The lowest BCUT2D eigenvalue weighted by molar-refractivity contribution is -0.199. The van der Waals surface area contributed by atoms with Crippen LogP contribution in [-0.2, 0) is 14.2 Å². The molecule has 0 spiro atoms. The Kier molecular flexibility index (Phi) is 4.51. The van der Waals surface area contributed by atoms with Crippen molar-refractivity contribution < 1.29 is 24.1 Å². The fourth-order valence-electron chi connectivity index (χ4n) is 3.93. The minimum atomic E-state index is -0.787. The summed E-state index contributed by atoms with van der Waals surface area (Å²) in [5.41, 5.74) is 1.41. The average molecular weight is 411 g/mol. The number of aliphatic hydroxyl groups excluding tert-OH is 1. The van der Waals surface area contributed by atoms with Crippen molar-refractivity contribution in [3.05, 3.63) is 48.5 Å². The van der Waals surface area contributed by atoms with Crippen LogP contribution in [0.3, 0.4) is 0 Å². The van der Waals surface area contributed by atoms with Crippen molar-refractivity contribution in [3.8, 4) is 0 Å². The van der Waals surface area contributed by atoms with Crippen molar-refractivity contribution in [2.75, 3.05) is 11.9 Å². The monoisotopic (exact) mass is 411 g/mol. The molecule has 10 nitrogen and oxygen atoms in total. The topological polar surface area (TPSA) is 121 Å². The van der Waals surface area contributed by atoms with Crippen molar-refractivity contribution in [1.82, 2.24) is 19.5 Å². The lowest BCUT2D eigenvalue weighted by Crippen LogP contribution is -2.31. The van der Waals surface area contributed by atoms with Crippen LogP contribution >= 0.6 is 0 Å². The molecule has 1 aromatic carbocycles. The van der Waals surface area contributed by atoms with E-state index in [0.29, 0.717) is 22.5 Å². The number of anilines is 1. The van der Waals surface area contributed by atoms with Gasteiger partial charge in [0, 0.05) is 5.56 Å². The highest BCUT2D eigenvalue weighted by Crippen LogP contribution is 2.43. The molecule has 4 atom stereocenters. The highest BCUT2D eigenvalue weighted by atomic mass is 16.8. The standard InChI is InChI=1S/C20H21N5O5/c1-20(2)29-14-12(8-26)28-19(15(14)30-20)25-10-23-13-16(21-9-22-17(13)25)24-18(27)11-6-4-3-5-7-11/h3-7,9-10,12,14-15,19,26H,8H2,1-2H3,(H,21,22,24,27)/t12?,14-,15-,19-/m1/s1.